The molecule has 6 nitrogen and oxygen atoms in total. The van der Waals surface area contributed by atoms with Crippen molar-refractivity contribution in [2.75, 3.05) is 6.54 Å². The molecule has 2 heterocycles. The van der Waals surface area contributed by atoms with Crippen LogP contribution in [0.25, 0.3) is 11.4 Å². The minimum atomic E-state index is -0.0907. The summed E-state index contributed by atoms with van der Waals surface area (Å²) >= 11 is 0. The highest BCUT2D eigenvalue weighted by Gasteiger charge is 2.32. The maximum absolute atomic E-state index is 11.6. The van der Waals surface area contributed by atoms with Crippen LogP contribution in [-0.4, -0.2) is 27.5 Å². The maximum Gasteiger partial charge on any atom is 0.249 e. The molecule has 0 aliphatic carbocycles. The van der Waals surface area contributed by atoms with Crippen LogP contribution in [0.5, 0.6) is 0 Å². The van der Waals surface area contributed by atoms with Crippen LogP contribution < -0.4 is 5.73 Å². The van der Waals surface area contributed by atoms with Crippen LogP contribution in [0.3, 0.4) is 0 Å². The van der Waals surface area contributed by atoms with Gasteiger partial charge >= 0.3 is 0 Å². The molecule has 0 saturated carbocycles. The molecule has 2 N–H and O–H groups in total. The Bertz CT molecular complexity index is 641. The van der Waals surface area contributed by atoms with Crippen LogP contribution in [0.15, 0.2) is 28.8 Å². The van der Waals surface area contributed by atoms with E-state index in [-0.39, 0.29) is 24.4 Å². The van der Waals surface area contributed by atoms with Crippen molar-refractivity contribution < 1.29 is 9.32 Å². The molecular weight excluding hydrogens is 304 g/mol. The molecule has 1 aromatic heterocycles. The summed E-state index contributed by atoms with van der Waals surface area (Å²) in [6.45, 7) is 2.83. The lowest BCUT2D eigenvalue weighted by Crippen LogP contribution is -2.28. The molecule has 118 valence electrons. The minimum Gasteiger partial charge on any atom is -0.337 e. The molecule has 1 aromatic carbocycles. The van der Waals surface area contributed by atoms with E-state index in [4.69, 9.17) is 10.3 Å². The number of carbonyl (C=O) groups excluding carboxylic acids is 1. The van der Waals surface area contributed by atoms with Crippen LogP contribution >= 0.6 is 12.4 Å². The lowest BCUT2D eigenvalue weighted by Gasteiger charge is -2.19. The second-order valence-electron chi connectivity index (χ2n) is 5.23. The highest BCUT2D eigenvalue weighted by molar-refractivity contribution is 5.85. The molecule has 0 radical (unpaired) electrons. The van der Waals surface area contributed by atoms with Gasteiger partial charge in [-0.25, -0.2) is 0 Å². The number of nitrogens with two attached hydrogens (primary N) is 1. The van der Waals surface area contributed by atoms with Crippen molar-refractivity contribution in [3.8, 4) is 11.4 Å². The van der Waals surface area contributed by atoms with Gasteiger partial charge in [0.2, 0.25) is 17.6 Å². The van der Waals surface area contributed by atoms with Crippen molar-refractivity contribution in [1.29, 1.82) is 0 Å². The van der Waals surface area contributed by atoms with Crippen molar-refractivity contribution in [2.24, 2.45) is 5.73 Å². The molecule has 0 bridgehead atoms. The van der Waals surface area contributed by atoms with Gasteiger partial charge in [-0.15, -0.1) is 12.4 Å². The number of benzene rings is 1. The monoisotopic (exact) mass is 322 g/mol. The summed E-state index contributed by atoms with van der Waals surface area (Å²) in [6, 6.07) is 7.65. The summed E-state index contributed by atoms with van der Waals surface area (Å²) in [7, 11) is 0. The number of hydrogen-bond donors (Lipinski definition) is 1. The Morgan fingerprint density at radius 3 is 2.77 bits per heavy atom. The number of halogens is 1. The molecule has 1 fully saturated rings. The van der Waals surface area contributed by atoms with Crippen LogP contribution in [0, 0.1) is 0 Å². The van der Waals surface area contributed by atoms with E-state index in [1.807, 2.05) is 24.3 Å². The molecule has 7 heteroatoms. The summed E-state index contributed by atoms with van der Waals surface area (Å²) in [5.74, 6) is 1.11. The summed E-state index contributed by atoms with van der Waals surface area (Å²) in [4.78, 5) is 17.8. The molecule has 22 heavy (non-hydrogen) atoms. The van der Waals surface area contributed by atoms with Crippen molar-refractivity contribution in [3.63, 3.8) is 0 Å². The van der Waals surface area contributed by atoms with E-state index in [0.717, 1.165) is 30.5 Å². The predicted molar refractivity (Wildman–Crippen MR) is 84.2 cm³/mol. The molecule has 0 spiro atoms. The largest absolute Gasteiger partial charge is 0.337 e. The van der Waals surface area contributed by atoms with E-state index in [2.05, 4.69) is 10.1 Å². The third kappa shape index (κ3) is 3.13. The van der Waals surface area contributed by atoms with Crippen molar-refractivity contribution >= 4 is 18.3 Å². The second-order valence-corrected chi connectivity index (χ2v) is 5.23. The van der Waals surface area contributed by atoms with Gasteiger partial charge in [0.1, 0.15) is 6.04 Å². The van der Waals surface area contributed by atoms with Crippen LogP contribution in [0.2, 0.25) is 0 Å². The van der Waals surface area contributed by atoms with E-state index in [0.29, 0.717) is 18.3 Å². The fourth-order valence-electron chi connectivity index (χ4n) is 2.68. The first-order valence-electron chi connectivity index (χ1n) is 7.09. The first-order chi connectivity index (χ1) is 10.2. The van der Waals surface area contributed by atoms with Gasteiger partial charge in [-0.2, -0.15) is 4.98 Å². The Balaban J connectivity index is 0.00000176. The van der Waals surface area contributed by atoms with Gasteiger partial charge in [0, 0.05) is 25.6 Å². The first-order valence-corrected chi connectivity index (χ1v) is 7.09. The number of rotatable bonds is 3. The van der Waals surface area contributed by atoms with Gasteiger partial charge in [-0.1, -0.05) is 29.4 Å². The molecular formula is C15H19ClN4O2. The van der Waals surface area contributed by atoms with Crippen LogP contribution in [0.4, 0.5) is 0 Å². The zero-order chi connectivity index (χ0) is 14.8. The van der Waals surface area contributed by atoms with Gasteiger partial charge in [-0.05, 0) is 18.4 Å². The molecule has 1 atom stereocenters. The van der Waals surface area contributed by atoms with E-state index in [1.165, 1.54) is 0 Å². The van der Waals surface area contributed by atoms with Gasteiger partial charge in [-0.3, -0.25) is 4.79 Å². The number of likely N-dealkylation sites (tertiary alicyclic amines) is 1. The summed E-state index contributed by atoms with van der Waals surface area (Å²) < 4.78 is 5.36. The van der Waals surface area contributed by atoms with Crippen molar-refractivity contribution in [3.05, 3.63) is 35.7 Å². The summed E-state index contributed by atoms with van der Waals surface area (Å²) in [5, 5.41) is 4.02. The number of carbonyl (C=O) groups is 1. The average Bonchev–Trinajstić information content (AvgIpc) is 3.16. The van der Waals surface area contributed by atoms with Gasteiger partial charge < -0.3 is 15.2 Å². The van der Waals surface area contributed by atoms with E-state index >= 15 is 0 Å². The summed E-state index contributed by atoms with van der Waals surface area (Å²) in [5.41, 5.74) is 7.52. The molecule has 1 amide bonds. The Labute approximate surface area is 135 Å². The zero-order valence-corrected chi connectivity index (χ0v) is 13.2. The lowest BCUT2D eigenvalue weighted by atomic mass is 10.1. The first kappa shape index (κ1) is 16.5. The quantitative estimate of drug-likeness (QED) is 0.937. The molecule has 1 saturated heterocycles. The number of amides is 1. The van der Waals surface area contributed by atoms with E-state index in [9.17, 15) is 4.79 Å². The molecule has 1 unspecified atom stereocenters. The Hall–Kier alpha value is -1.92. The Morgan fingerprint density at radius 2 is 2.14 bits per heavy atom. The Morgan fingerprint density at radius 1 is 1.41 bits per heavy atom. The van der Waals surface area contributed by atoms with Crippen LogP contribution in [-0.2, 0) is 11.3 Å². The third-order valence-electron chi connectivity index (χ3n) is 3.83. The predicted octanol–water partition coefficient (Wildman–Crippen LogP) is 2.30. The Kier molecular flexibility index (Phi) is 5.15. The normalized spacial score (nSPS) is 17.4. The molecule has 2 aromatic rings. The minimum absolute atomic E-state index is 0. The lowest BCUT2D eigenvalue weighted by molar-refractivity contribution is -0.130. The standard InChI is InChI=1S/C15H18N4O2.ClH/c1-10(20)19-8-2-3-13(19)15-17-14(18-21-15)12-6-4-11(9-16)5-7-12;/h4-7,13H,2-3,8-9,16H2,1H3;1H. The second kappa shape index (κ2) is 6.89. The van der Waals surface area contributed by atoms with Gasteiger partial charge in [0.05, 0.1) is 0 Å². The molecule has 1 aliphatic rings. The third-order valence-corrected chi connectivity index (χ3v) is 3.83. The number of aromatic nitrogens is 2. The fraction of sp³-hybridized carbons (Fsp3) is 0.400. The van der Waals surface area contributed by atoms with Crippen molar-refractivity contribution in [1.82, 2.24) is 15.0 Å². The number of hydrogen-bond acceptors (Lipinski definition) is 5. The fourth-order valence-corrected chi connectivity index (χ4v) is 2.68. The number of nitrogens with zero attached hydrogens (tertiary/aromatic N) is 3. The summed E-state index contributed by atoms with van der Waals surface area (Å²) in [6.07, 6.45) is 1.83. The maximum atomic E-state index is 11.6. The average molecular weight is 323 g/mol. The highest BCUT2D eigenvalue weighted by atomic mass is 35.5. The SMILES string of the molecule is CC(=O)N1CCCC1c1nc(-c2ccc(CN)cc2)no1.Cl. The van der Waals surface area contributed by atoms with Crippen molar-refractivity contribution in [2.45, 2.75) is 32.4 Å². The zero-order valence-electron chi connectivity index (χ0n) is 12.4. The van der Waals surface area contributed by atoms with Gasteiger partial charge in [0.15, 0.2) is 0 Å². The molecule has 1 aliphatic heterocycles. The van der Waals surface area contributed by atoms with E-state index < -0.39 is 0 Å². The van der Waals surface area contributed by atoms with Crippen LogP contribution in [0.1, 0.15) is 37.3 Å². The van der Waals surface area contributed by atoms with Gasteiger partial charge in [0.25, 0.3) is 0 Å². The van der Waals surface area contributed by atoms with E-state index in [1.54, 1.807) is 11.8 Å². The smallest absolute Gasteiger partial charge is 0.249 e. The molecule has 3 rings (SSSR count). The highest BCUT2D eigenvalue weighted by Crippen LogP contribution is 2.31. The topological polar surface area (TPSA) is 85.2 Å².